The fourth-order valence-corrected chi connectivity index (χ4v) is 5.86. The van der Waals surface area contributed by atoms with E-state index in [9.17, 15) is 14.4 Å². The molecule has 4 aliphatic rings. The predicted molar refractivity (Wildman–Crippen MR) is 101 cm³/mol. The van der Waals surface area contributed by atoms with Gasteiger partial charge in [-0.05, 0) is 36.7 Å². The molecule has 1 aromatic rings. The molecule has 0 aromatic heterocycles. The molecule has 0 spiro atoms. The molecule has 1 aromatic carbocycles. The molecule has 5 rings (SSSR count). The maximum absolute atomic E-state index is 13.4. The van der Waals surface area contributed by atoms with Crippen molar-refractivity contribution >= 4 is 17.7 Å². The highest BCUT2D eigenvalue weighted by Crippen LogP contribution is 2.56. The van der Waals surface area contributed by atoms with Gasteiger partial charge < -0.3 is 9.64 Å². The van der Waals surface area contributed by atoms with Crippen molar-refractivity contribution in [1.29, 1.82) is 0 Å². The molecule has 3 amide bonds. The molecule has 2 saturated heterocycles. The Bertz CT molecular complexity index is 761. The van der Waals surface area contributed by atoms with Crippen molar-refractivity contribution in [2.75, 3.05) is 26.3 Å². The van der Waals surface area contributed by atoms with Gasteiger partial charge in [-0.25, -0.2) is 0 Å². The molecule has 2 heterocycles. The minimum Gasteiger partial charge on any atom is -0.378 e. The first kappa shape index (κ1) is 17.9. The minimum absolute atomic E-state index is 0.107. The Balaban J connectivity index is 1.46. The van der Waals surface area contributed by atoms with Crippen molar-refractivity contribution in [3.63, 3.8) is 0 Å². The number of hydrogen-bond donors (Lipinski definition) is 0. The molecule has 2 saturated carbocycles. The third-order valence-corrected chi connectivity index (χ3v) is 7.15. The van der Waals surface area contributed by atoms with Crippen LogP contribution in [0.3, 0.4) is 0 Å². The second kappa shape index (κ2) is 6.99. The predicted octanol–water partition coefficient (Wildman–Crippen LogP) is 1.49. The van der Waals surface area contributed by atoms with Gasteiger partial charge in [-0.15, -0.1) is 0 Å². The normalized spacial score (nSPS) is 32.7. The fourth-order valence-electron chi connectivity index (χ4n) is 5.86. The first-order valence-electron chi connectivity index (χ1n) is 10.4. The van der Waals surface area contributed by atoms with Gasteiger partial charge in [0.05, 0.1) is 25.0 Å². The number of amides is 3. The lowest BCUT2D eigenvalue weighted by Gasteiger charge is -2.34. The van der Waals surface area contributed by atoms with E-state index >= 15 is 0 Å². The van der Waals surface area contributed by atoms with Gasteiger partial charge in [-0.1, -0.05) is 30.3 Å². The van der Waals surface area contributed by atoms with Gasteiger partial charge >= 0.3 is 0 Å². The molecule has 4 fully saturated rings. The Labute approximate surface area is 164 Å². The van der Waals surface area contributed by atoms with Crippen LogP contribution in [0.2, 0.25) is 0 Å². The number of benzene rings is 1. The van der Waals surface area contributed by atoms with Crippen LogP contribution in [0, 0.1) is 23.7 Å². The van der Waals surface area contributed by atoms with Crippen molar-refractivity contribution in [3.05, 3.63) is 35.9 Å². The molecular formula is C22H26N2O4. The van der Waals surface area contributed by atoms with Crippen LogP contribution < -0.4 is 0 Å². The number of hydrogen-bond acceptors (Lipinski definition) is 4. The highest BCUT2D eigenvalue weighted by Gasteiger charge is 2.62. The molecule has 0 radical (unpaired) electrons. The summed E-state index contributed by atoms with van der Waals surface area (Å²) in [7, 11) is 0. The SMILES string of the molecule is O=C([C@H](Cc1ccccc1)N1C(=O)[C@@H]2[C@H]3CC[C@@H](C3)[C@@H]2C1=O)N1CCOCC1. The van der Waals surface area contributed by atoms with Crippen LogP contribution in [0.1, 0.15) is 24.8 Å². The zero-order valence-corrected chi connectivity index (χ0v) is 16.0. The van der Waals surface area contributed by atoms with E-state index in [1.807, 2.05) is 30.3 Å². The molecule has 2 aliphatic carbocycles. The van der Waals surface area contributed by atoms with Crippen LogP contribution >= 0.6 is 0 Å². The largest absolute Gasteiger partial charge is 0.378 e. The summed E-state index contributed by atoms with van der Waals surface area (Å²) in [6.45, 7) is 2.03. The van der Waals surface area contributed by atoms with E-state index in [-0.39, 0.29) is 29.6 Å². The summed E-state index contributed by atoms with van der Waals surface area (Å²) in [4.78, 5) is 43.1. The quantitative estimate of drug-likeness (QED) is 0.740. The Morgan fingerprint density at radius 2 is 1.61 bits per heavy atom. The molecule has 6 heteroatoms. The summed E-state index contributed by atoms with van der Waals surface area (Å²) in [5.41, 5.74) is 0.967. The number of likely N-dealkylation sites (tertiary alicyclic amines) is 1. The smallest absolute Gasteiger partial charge is 0.246 e. The second-order valence-corrected chi connectivity index (χ2v) is 8.57. The minimum atomic E-state index is -0.745. The number of carbonyl (C=O) groups excluding carboxylic acids is 3. The summed E-state index contributed by atoms with van der Waals surface area (Å²) >= 11 is 0. The van der Waals surface area contributed by atoms with E-state index < -0.39 is 6.04 Å². The van der Waals surface area contributed by atoms with Crippen molar-refractivity contribution < 1.29 is 19.1 Å². The average Bonchev–Trinajstić information content (AvgIpc) is 3.41. The van der Waals surface area contributed by atoms with Gasteiger partial charge in [0.2, 0.25) is 17.7 Å². The maximum Gasteiger partial charge on any atom is 0.246 e. The van der Waals surface area contributed by atoms with Gasteiger partial charge in [0.15, 0.2) is 0 Å². The van der Waals surface area contributed by atoms with Gasteiger partial charge in [-0.2, -0.15) is 0 Å². The Hall–Kier alpha value is -2.21. The topological polar surface area (TPSA) is 66.9 Å². The van der Waals surface area contributed by atoms with Crippen LogP contribution in [0.15, 0.2) is 30.3 Å². The van der Waals surface area contributed by atoms with Crippen LogP contribution in [-0.4, -0.2) is 59.9 Å². The Kier molecular flexibility index (Phi) is 4.46. The van der Waals surface area contributed by atoms with E-state index in [1.165, 1.54) is 4.90 Å². The van der Waals surface area contributed by atoms with E-state index in [1.54, 1.807) is 4.90 Å². The van der Waals surface area contributed by atoms with Gasteiger partial charge in [0.1, 0.15) is 6.04 Å². The molecule has 148 valence electrons. The van der Waals surface area contributed by atoms with Crippen molar-refractivity contribution in [2.24, 2.45) is 23.7 Å². The fraction of sp³-hybridized carbons (Fsp3) is 0.591. The number of carbonyl (C=O) groups is 3. The lowest BCUT2D eigenvalue weighted by atomic mass is 9.81. The van der Waals surface area contributed by atoms with Crippen LogP contribution in [0.4, 0.5) is 0 Å². The summed E-state index contributed by atoms with van der Waals surface area (Å²) < 4.78 is 5.37. The van der Waals surface area contributed by atoms with Crippen molar-refractivity contribution in [1.82, 2.24) is 9.80 Å². The number of fused-ring (bicyclic) bond motifs is 5. The molecule has 2 bridgehead atoms. The molecule has 0 N–H and O–H groups in total. The third-order valence-electron chi connectivity index (χ3n) is 7.15. The van der Waals surface area contributed by atoms with Gasteiger partial charge in [0, 0.05) is 19.5 Å². The lowest BCUT2D eigenvalue weighted by Crippen LogP contribution is -2.55. The highest BCUT2D eigenvalue weighted by molar-refractivity contribution is 6.09. The second-order valence-electron chi connectivity index (χ2n) is 8.57. The molecule has 2 aliphatic heterocycles. The standard InChI is InChI=1S/C22H26N2O4/c25-20(23-8-10-28-11-9-23)17(12-14-4-2-1-3-5-14)24-21(26)18-15-6-7-16(13-15)19(18)22(24)27/h1-5,15-19H,6-13H2/t15-,16-,17-,18-,19+/m0/s1. The van der Waals surface area contributed by atoms with E-state index in [0.717, 1.165) is 24.8 Å². The van der Waals surface area contributed by atoms with E-state index in [4.69, 9.17) is 4.74 Å². The number of imide groups is 1. The monoisotopic (exact) mass is 382 g/mol. The number of ether oxygens (including phenoxy) is 1. The summed E-state index contributed by atoms with van der Waals surface area (Å²) in [6, 6.07) is 8.94. The molecule has 5 atom stereocenters. The summed E-state index contributed by atoms with van der Waals surface area (Å²) in [6.07, 6.45) is 3.46. The highest BCUT2D eigenvalue weighted by atomic mass is 16.5. The first-order valence-corrected chi connectivity index (χ1v) is 10.4. The zero-order valence-electron chi connectivity index (χ0n) is 16.0. The van der Waals surface area contributed by atoms with Crippen LogP contribution in [-0.2, 0) is 25.5 Å². The van der Waals surface area contributed by atoms with Gasteiger partial charge in [0.25, 0.3) is 0 Å². The van der Waals surface area contributed by atoms with Gasteiger partial charge in [-0.3, -0.25) is 19.3 Å². The van der Waals surface area contributed by atoms with Crippen molar-refractivity contribution in [2.45, 2.75) is 31.7 Å². The maximum atomic E-state index is 13.4. The van der Waals surface area contributed by atoms with Crippen LogP contribution in [0.25, 0.3) is 0 Å². The Morgan fingerprint density at radius 3 is 2.21 bits per heavy atom. The summed E-state index contributed by atoms with van der Waals surface area (Å²) in [5, 5.41) is 0. The average molecular weight is 382 g/mol. The zero-order chi connectivity index (χ0) is 19.3. The number of nitrogens with zero attached hydrogens (tertiary/aromatic N) is 2. The molecule has 0 unspecified atom stereocenters. The first-order chi connectivity index (χ1) is 13.6. The number of rotatable bonds is 4. The third kappa shape index (κ3) is 2.77. The summed E-state index contributed by atoms with van der Waals surface area (Å²) in [5.74, 6) is -0.0701. The molecule has 28 heavy (non-hydrogen) atoms. The van der Waals surface area contributed by atoms with E-state index in [2.05, 4.69) is 0 Å². The number of morpholine rings is 1. The van der Waals surface area contributed by atoms with Crippen molar-refractivity contribution in [3.8, 4) is 0 Å². The molecular weight excluding hydrogens is 356 g/mol. The van der Waals surface area contributed by atoms with Crippen LogP contribution in [0.5, 0.6) is 0 Å². The van der Waals surface area contributed by atoms with E-state index in [0.29, 0.717) is 44.6 Å². The Morgan fingerprint density at radius 1 is 1.00 bits per heavy atom. The molecule has 6 nitrogen and oxygen atoms in total. The lowest BCUT2D eigenvalue weighted by molar-refractivity contribution is -0.154.